The molecule has 0 saturated carbocycles. The standard InChI is InChI=1S/C27H36N4O3/c1-17-7-9-19(26(17,3)4)13-14-28-30-24(15-20-10-8-18(2)27(20,5)6)29-23-16-21(31(33)34)11-12-22(23)25(30)32/h7-8,11-12,14,16,19-20,24,29H,9-10,13,15H2,1-6H3/b28-14-/t19-,20+,24-/m1/s1. The monoisotopic (exact) mass is 464 g/mol. The third-order valence-electron chi connectivity index (χ3n) is 8.86. The van der Waals surface area contributed by atoms with Gasteiger partial charge in [0.05, 0.1) is 16.2 Å². The number of carbonyl (C=O) groups excluding carboxylic acids is 1. The predicted molar refractivity (Wildman–Crippen MR) is 136 cm³/mol. The second kappa shape index (κ2) is 8.67. The number of carbonyl (C=O) groups is 1. The van der Waals surface area contributed by atoms with E-state index >= 15 is 0 Å². The summed E-state index contributed by atoms with van der Waals surface area (Å²) in [4.78, 5) is 24.4. The number of nitro benzene ring substituents is 1. The highest BCUT2D eigenvalue weighted by molar-refractivity contribution is 6.02. The summed E-state index contributed by atoms with van der Waals surface area (Å²) < 4.78 is 0. The van der Waals surface area contributed by atoms with E-state index < -0.39 is 4.92 Å². The van der Waals surface area contributed by atoms with Crippen molar-refractivity contribution in [2.24, 2.45) is 27.8 Å². The first-order chi connectivity index (χ1) is 15.9. The molecule has 3 aliphatic rings. The number of anilines is 1. The molecule has 182 valence electrons. The third kappa shape index (κ3) is 4.17. The van der Waals surface area contributed by atoms with Crippen molar-refractivity contribution in [3.63, 3.8) is 0 Å². The minimum absolute atomic E-state index is 0.0279. The number of allylic oxidation sites excluding steroid dienone is 4. The maximum atomic E-state index is 13.5. The predicted octanol–water partition coefficient (Wildman–Crippen LogP) is 6.54. The van der Waals surface area contributed by atoms with Crippen molar-refractivity contribution in [3.05, 3.63) is 57.2 Å². The lowest BCUT2D eigenvalue weighted by Gasteiger charge is -2.39. The van der Waals surface area contributed by atoms with Gasteiger partial charge >= 0.3 is 0 Å². The van der Waals surface area contributed by atoms with Crippen LogP contribution in [0.25, 0.3) is 0 Å². The molecule has 34 heavy (non-hydrogen) atoms. The Morgan fingerprint density at radius 1 is 1.12 bits per heavy atom. The van der Waals surface area contributed by atoms with Gasteiger partial charge < -0.3 is 5.32 Å². The van der Waals surface area contributed by atoms with Crippen LogP contribution in [0.2, 0.25) is 0 Å². The molecule has 1 aliphatic heterocycles. The van der Waals surface area contributed by atoms with Gasteiger partial charge in [0.2, 0.25) is 0 Å². The van der Waals surface area contributed by atoms with E-state index in [2.05, 4.69) is 64.1 Å². The van der Waals surface area contributed by atoms with Gasteiger partial charge in [-0.05, 0) is 68.3 Å². The van der Waals surface area contributed by atoms with Crippen LogP contribution < -0.4 is 5.32 Å². The third-order valence-corrected chi connectivity index (χ3v) is 8.86. The Kier molecular flexibility index (Phi) is 6.17. The van der Waals surface area contributed by atoms with Crippen LogP contribution in [0.1, 0.15) is 77.6 Å². The van der Waals surface area contributed by atoms with E-state index in [4.69, 9.17) is 0 Å². The van der Waals surface area contributed by atoms with E-state index in [9.17, 15) is 14.9 Å². The first-order valence-electron chi connectivity index (χ1n) is 12.2. The number of amides is 1. The highest BCUT2D eigenvalue weighted by Crippen LogP contribution is 2.47. The van der Waals surface area contributed by atoms with Gasteiger partial charge in [-0.15, -0.1) is 0 Å². The average molecular weight is 465 g/mol. The molecule has 1 amide bonds. The van der Waals surface area contributed by atoms with E-state index in [0.29, 0.717) is 29.5 Å². The van der Waals surface area contributed by atoms with E-state index in [1.807, 2.05) is 6.21 Å². The van der Waals surface area contributed by atoms with Crippen molar-refractivity contribution in [1.29, 1.82) is 0 Å². The molecule has 0 bridgehead atoms. The summed E-state index contributed by atoms with van der Waals surface area (Å²) in [5, 5.41) is 21.0. The molecule has 0 unspecified atom stereocenters. The summed E-state index contributed by atoms with van der Waals surface area (Å²) in [5.41, 5.74) is 3.81. The van der Waals surface area contributed by atoms with Crippen molar-refractivity contribution in [3.8, 4) is 0 Å². The van der Waals surface area contributed by atoms with Crippen LogP contribution in [-0.4, -0.2) is 28.2 Å². The van der Waals surface area contributed by atoms with Gasteiger partial charge in [0.1, 0.15) is 6.17 Å². The van der Waals surface area contributed by atoms with Crippen LogP contribution in [-0.2, 0) is 0 Å². The summed E-state index contributed by atoms with van der Waals surface area (Å²) in [5.74, 6) is 0.583. The van der Waals surface area contributed by atoms with E-state index in [-0.39, 0.29) is 28.6 Å². The number of non-ortho nitro benzene ring substituents is 1. The largest absolute Gasteiger partial charge is 0.363 e. The zero-order chi connectivity index (χ0) is 24.8. The Bertz CT molecular complexity index is 1100. The molecule has 1 N–H and O–H groups in total. The number of rotatable bonds is 6. The van der Waals surface area contributed by atoms with Crippen LogP contribution in [0, 0.1) is 32.8 Å². The minimum atomic E-state index is -0.432. The summed E-state index contributed by atoms with van der Waals surface area (Å²) in [7, 11) is 0. The molecular formula is C27H36N4O3. The molecule has 0 spiro atoms. The van der Waals surface area contributed by atoms with E-state index in [1.165, 1.54) is 29.3 Å². The van der Waals surface area contributed by atoms with Gasteiger partial charge in [-0.3, -0.25) is 14.9 Å². The highest BCUT2D eigenvalue weighted by atomic mass is 16.6. The SMILES string of the molecule is CC1=CC[C@H](C/C=N\N2C(=O)c3ccc([N+](=O)[O-])cc3N[C@H]2C[C@@H]2CC=C(C)C2(C)C)C1(C)C. The lowest BCUT2D eigenvalue weighted by molar-refractivity contribution is -0.384. The summed E-state index contributed by atoms with van der Waals surface area (Å²) in [6.07, 6.45) is 9.57. The topological polar surface area (TPSA) is 87.8 Å². The molecule has 4 rings (SSSR count). The van der Waals surface area contributed by atoms with Crippen molar-refractivity contribution >= 4 is 23.5 Å². The molecule has 7 heteroatoms. The fourth-order valence-electron chi connectivity index (χ4n) is 5.46. The van der Waals surface area contributed by atoms with Gasteiger partial charge in [-0.1, -0.05) is 51.0 Å². The average Bonchev–Trinajstić information content (AvgIpc) is 3.18. The smallest absolute Gasteiger partial charge is 0.278 e. The summed E-state index contributed by atoms with van der Waals surface area (Å²) >= 11 is 0. The number of hydrazone groups is 1. The van der Waals surface area contributed by atoms with Crippen LogP contribution in [0.15, 0.2) is 46.6 Å². The molecule has 0 fully saturated rings. The summed E-state index contributed by atoms with van der Waals surface area (Å²) in [6, 6.07) is 4.36. The van der Waals surface area contributed by atoms with Crippen molar-refractivity contribution in [1.82, 2.24) is 5.01 Å². The van der Waals surface area contributed by atoms with Crippen molar-refractivity contribution < 1.29 is 9.72 Å². The quantitative estimate of drug-likeness (QED) is 0.224. The number of hydrogen-bond acceptors (Lipinski definition) is 5. The zero-order valence-electron chi connectivity index (χ0n) is 21.1. The van der Waals surface area contributed by atoms with Crippen LogP contribution in [0.5, 0.6) is 0 Å². The molecule has 1 aromatic rings. The summed E-state index contributed by atoms with van der Waals surface area (Å²) in [6.45, 7) is 13.4. The maximum absolute atomic E-state index is 13.5. The Balaban J connectivity index is 1.60. The maximum Gasteiger partial charge on any atom is 0.278 e. The Morgan fingerprint density at radius 2 is 1.74 bits per heavy atom. The molecule has 1 aromatic carbocycles. The molecule has 1 heterocycles. The highest BCUT2D eigenvalue weighted by Gasteiger charge is 2.41. The molecule has 3 atom stereocenters. The van der Waals surface area contributed by atoms with Gasteiger partial charge in [0, 0.05) is 18.3 Å². The lowest BCUT2D eigenvalue weighted by Crippen LogP contribution is -2.47. The molecular weight excluding hydrogens is 428 g/mol. The van der Waals surface area contributed by atoms with Gasteiger partial charge in [-0.25, -0.2) is 5.01 Å². The van der Waals surface area contributed by atoms with Gasteiger partial charge in [0.25, 0.3) is 11.6 Å². The minimum Gasteiger partial charge on any atom is -0.363 e. The Morgan fingerprint density at radius 3 is 2.29 bits per heavy atom. The lowest BCUT2D eigenvalue weighted by atomic mass is 9.75. The molecule has 2 aliphatic carbocycles. The Hall–Kier alpha value is -2.96. The number of hydrogen-bond donors (Lipinski definition) is 1. The first-order valence-corrected chi connectivity index (χ1v) is 12.2. The molecule has 7 nitrogen and oxygen atoms in total. The second-order valence-electron chi connectivity index (χ2n) is 11.1. The Labute approximate surface area is 202 Å². The van der Waals surface area contributed by atoms with Crippen LogP contribution in [0.4, 0.5) is 11.4 Å². The second-order valence-corrected chi connectivity index (χ2v) is 11.1. The first kappa shape index (κ1) is 24.2. The normalized spacial score (nSPS) is 27.4. The van der Waals surface area contributed by atoms with Gasteiger partial charge in [-0.2, -0.15) is 5.10 Å². The van der Waals surface area contributed by atoms with E-state index in [1.54, 1.807) is 5.01 Å². The molecule has 0 saturated heterocycles. The molecule has 0 aromatic heterocycles. The van der Waals surface area contributed by atoms with Crippen LogP contribution >= 0.6 is 0 Å². The number of nitrogens with one attached hydrogen (secondary N) is 1. The van der Waals surface area contributed by atoms with Crippen molar-refractivity contribution in [2.45, 2.75) is 73.4 Å². The zero-order valence-corrected chi connectivity index (χ0v) is 21.1. The van der Waals surface area contributed by atoms with Gasteiger partial charge in [0.15, 0.2) is 0 Å². The molecule has 0 radical (unpaired) electrons. The fraction of sp³-hybridized carbons (Fsp3) is 0.556. The van der Waals surface area contributed by atoms with Crippen LogP contribution in [0.3, 0.4) is 0 Å². The fourth-order valence-corrected chi connectivity index (χ4v) is 5.46. The van der Waals surface area contributed by atoms with Crippen molar-refractivity contribution in [2.75, 3.05) is 5.32 Å². The number of nitro groups is 1. The number of benzene rings is 1. The number of fused-ring (bicyclic) bond motifs is 1. The van der Waals surface area contributed by atoms with E-state index in [0.717, 1.165) is 19.3 Å². The number of nitrogens with zero attached hydrogens (tertiary/aromatic N) is 3.